The highest BCUT2D eigenvalue weighted by molar-refractivity contribution is 7.92. The van der Waals surface area contributed by atoms with Crippen molar-refractivity contribution in [2.75, 3.05) is 4.72 Å². The molecule has 0 radical (unpaired) electrons. The standard InChI is InChI=1S/C24H20ClFN4O3S/c1-16(17-6-11-23(22(26)15-17)30-13-3-12-27-30)28-24(31)18-4-2-5-21(14-18)34(32,33)29-20-9-7-19(25)8-10-20/h2-16,29H,1H3,(H,28,31)/t16-/m1/s1. The Morgan fingerprint density at radius 1 is 1.06 bits per heavy atom. The Bertz CT molecular complexity index is 1430. The summed E-state index contributed by atoms with van der Waals surface area (Å²) in [6.07, 6.45) is 3.18. The van der Waals surface area contributed by atoms with Crippen molar-refractivity contribution in [3.63, 3.8) is 0 Å². The summed E-state index contributed by atoms with van der Waals surface area (Å²) in [6.45, 7) is 1.71. The minimum Gasteiger partial charge on any atom is -0.346 e. The predicted molar refractivity (Wildman–Crippen MR) is 128 cm³/mol. The summed E-state index contributed by atoms with van der Waals surface area (Å²) in [5.41, 5.74) is 1.33. The fraction of sp³-hybridized carbons (Fsp3) is 0.0833. The normalized spacial score (nSPS) is 12.2. The van der Waals surface area contributed by atoms with Crippen molar-refractivity contribution in [2.45, 2.75) is 17.9 Å². The molecule has 4 rings (SSSR count). The number of carbonyl (C=O) groups is 1. The first-order valence-electron chi connectivity index (χ1n) is 10.2. The van der Waals surface area contributed by atoms with Crippen LogP contribution in [0.2, 0.25) is 5.02 Å². The van der Waals surface area contributed by atoms with E-state index in [0.29, 0.717) is 22.0 Å². The van der Waals surface area contributed by atoms with Crippen LogP contribution in [-0.4, -0.2) is 24.1 Å². The van der Waals surface area contributed by atoms with Crippen LogP contribution in [0.5, 0.6) is 0 Å². The van der Waals surface area contributed by atoms with Crippen LogP contribution in [0.25, 0.3) is 5.69 Å². The molecule has 4 aromatic rings. The number of rotatable bonds is 7. The number of aromatic nitrogens is 2. The van der Waals surface area contributed by atoms with E-state index in [2.05, 4.69) is 15.1 Å². The van der Waals surface area contributed by atoms with Crippen LogP contribution in [0, 0.1) is 5.82 Å². The number of hydrogen-bond donors (Lipinski definition) is 2. The van der Waals surface area contributed by atoms with Crippen LogP contribution >= 0.6 is 11.6 Å². The summed E-state index contributed by atoms with van der Waals surface area (Å²) in [7, 11) is -3.93. The molecule has 0 spiro atoms. The zero-order valence-electron chi connectivity index (χ0n) is 17.9. The number of hydrogen-bond acceptors (Lipinski definition) is 4. The van der Waals surface area contributed by atoms with Gasteiger partial charge in [-0.25, -0.2) is 17.5 Å². The maximum absolute atomic E-state index is 14.6. The monoisotopic (exact) mass is 498 g/mol. The van der Waals surface area contributed by atoms with Crippen LogP contribution in [-0.2, 0) is 10.0 Å². The maximum Gasteiger partial charge on any atom is 0.261 e. The SMILES string of the molecule is C[C@@H](NC(=O)c1cccc(S(=O)(=O)Nc2ccc(Cl)cc2)c1)c1ccc(-n2cccn2)c(F)c1. The summed E-state index contributed by atoms with van der Waals surface area (Å²) >= 11 is 5.83. The van der Waals surface area contributed by atoms with Gasteiger partial charge in [0, 0.05) is 28.7 Å². The molecule has 0 bridgehead atoms. The number of anilines is 1. The molecule has 0 aliphatic heterocycles. The number of nitrogens with zero attached hydrogens (tertiary/aromatic N) is 2. The summed E-state index contributed by atoms with van der Waals surface area (Å²) in [6, 6.07) is 17.6. The molecule has 34 heavy (non-hydrogen) atoms. The second kappa shape index (κ2) is 9.66. The molecule has 0 aliphatic carbocycles. The number of carbonyl (C=O) groups excluding carboxylic acids is 1. The summed E-state index contributed by atoms with van der Waals surface area (Å²) in [4.78, 5) is 12.7. The quantitative estimate of drug-likeness (QED) is 0.377. The molecule has 0 aliphatic rings. The Morgan fingerprint density at radius 2 is 1.82 bits per heavy atom. The van der Waals surface area contributed by atoms with E-state index in [1.54, 1.807) is 49.6 Å². The van der Waals surface area contributed by atoms with Crippen LogP contribution < -0.4 is 10.0 Å². The molecule has 2 N–H and O–H groups in total. The van der Waals surface area contributed by atoms with Crippen molar-refractivity contribution < 1.29 is 17.6 Å². The van der Waals surface area contributed by atoms with Gasteiger partial charge < -0.3 is 5.32 Å². The van der Waals surface area contributed by atoms with Crippen molar-refractivity contribution >= 4 is 33.2 Å². The Labute approximate surface area is 201 Å². The summed E-state index contributed by atoms with van der Waals surface area (Å²) < 4.78 is 43.9. The number of sulfonamides is 1. The van der Waals surface area contributed by atoms with Gasteiger partial charge in [0.05, 0.1) is 10.9 Å². The topological polar surface area (TPSA) is 93.1 Å². The molecule has 3 aromatic carbocycles. The molecule has 0 fully saturated rings. The van der Waals surface area contributed by atoms with Crippen molar-refractivity contribution in [2.24, 2.45) is 0 Å². The minimum atomic E-state index is -3.93. The van der Waals surface area contributed by atoms with E-state index in [9.17, 15) is 17.6 Å². The molecule has 10 heteroatoms. The van der Waals surface area contributed by atoms with E-state index in [4.69, 9.17) is 11.6 Å². The van der Waals surface area contributed by atoms with Crippen LogP contribution in [0.4, 0.5) is 10.1 Å². The first-order chi connectivity index (χ1) is 16.2. The Kier molecular flexibility index (Phi) is 6.67. The van der Waals surface area contributed by atoms with Gasteiger partial charge in [-0.05, 0) is 73.2 Å². The average molecular weight is 499 g/mol. The fourth-order valence-electron chi connectivity index (χ4n) is 3.29. The summed E-state index contributed by atoms with van der Waals surface area (Å²) in [5.74, 6) is -0.976. The average Bonchev–Trinajstić information content (AvgIpc) is 3.35. The van der Waals surface area contributed by atoms with Crippen molar-refractivity contribution in [3.05, 3.63) is 107 Å². The largest absolute Gasteiger partial charge is 0.346 e. The van der Waals surface area contributed by atoms with Gasteiger partial charge in [0.2, 0.25) is 0 Å². The lowest BCUT2D eigenvalue weighted by Crippen LogP contribution is -2.27. The first kappa shape index (κ1) is 23.5. The molecule has 1 aromatic heterocycles. The molecule has 1 amide bonds. The summed E-state index contributed by atoms with van der Waals surface area (Å²) in [5, 5.41) is 7.26. The first-order valence-corrected chi connectivity index (χ1v) is 12.1. The molecular weight excluding hydrogens is 479 g/mol. The fourth-order valence-corrected chi connectivity index (χ4v) is 4.52. The van der Waals surface area contributed by atoms with Crippen LogP contribution in [0.15, 0.2) is 90.1 Å². The lowest BCUT2D eigenvalue weighted by molar-refractivity contribution is 0.0939. The minimum absolute atomic E-state index is 0.0719. The second-order valence-corrected chi connectivity index (χ2v) is 9.62. The zero-order chi connectivity index (χ0) is 24.3. The smallest absolute Gasteiger partial charge is 0.261 e. The number of benzene rings is 3. The van der Waals surface area contributed by atoms with Crippen LogP contribution in [0.1, 0.15) is 28.9 Å². The Hall–Kier alpha value is -3.69. The van der Waals surface area contributed by atoms with Crippen molar-refractivity contribution in [3.8, 4) is 5.69 Å². The van der Waals surface area contributed by atoms with Gasteiger partial charge >= 0.3 is 0 Å². The van der Waals surface area contributed by atoms with E-state index in [0.717, 1.165) is 0 Å². The molecular formula is C24H20ClFN4O3S. The molecule has 174 valence electrons. The Morgan fingerprint density at radius 3 is 2.50 bits per heavy atom. The predicted octanol–water partition coefficient (Wildman–Crippen LogP) is 4.96. The van der Waals surface area contributed by atoms with Gasteiger partial charge in [-0.3, -0.25) is 9.52 Å². The van der Waals surface area contributed by atoms with E-state index in [1.165, 1.54) is 47.1 Å². The van der Waals surface area contributed by atoms with Gasteiger partial charge in [0.15, 0.2) is 0 Å². The van der Waals surface area contributed by atoms with Crippen LogP contribution in [0.3, 0.4) is 0 Å². The molecule has 1 heterocycles. The highest BCUT2D eigenvalue weighted by Crippen LogP contribution is 2.22. The van der Waals surface area contributed by atoms with E-state index in [1.807, 2.05) is 0 Å². The molecule has 0 saturated heterocycles. The van der Waals surface area contributed by atoms with E-state index < -0.39 is 27.8 Å². The molecule has 0 saturated carbocycles. The zero-order valence-corrected chi connectivity index (χ0v) is 19.5. The highest BCUT2D eigenvalue weighted by Gasteiger charge is 2.18. The molecule has 0 unspecified atom stereocenters. The van der Waals surface area contributed by atoms with E-state index in [-0.39, 0.29) is 10.5 Å². The van der Waals surface area contributed by atoms with Crippen molar-refractivity contribution in [1.29, 1.82) is 0 Å². The third-order valence-corrected chi connectivity index (χ3v) is 6.70. The van der Waals surface area contributed by atoms with Gasteiger partial charge in [-0.15, -0.1) is 0 Å². The molecule has 1 atom stereocenters. The maximum atomic E-state index is 14.6. The van der Waals surface area contributed by atoms with Gasteiger partial charge in [0.1, 0.15) is 11.5 Å². The third kappa shape index (κ3) is 5.27. The highest BCUT2D eigenvalue weighted by atomic mass is 35.5. The number of amides is 1. The third-order valence-electron chi connectivity index (χ3n) is 5.07. The Balaban J connectivity index is 1.49. The molecule has 7 nitrogen and oxygen atoms in total. The second-order valence-electron chi connectivity index (χ2n) is 7.50. The number of nitrogens with one attached hydrogen (secondary N) is 2. The van der Waals surface area contributed by atoms with Gasteiger partial charge in [-0.2, -0.15) is 5.10 Å². The van der Waals surface area contributed by atoms with Gasteiger partial charge in [-0.1, -0.05) is 23.7 Å². The van der Waals surface area contributed by atoms with Gasteiger partial charge in [0.25, 0.3) is 15.9 Å². The van der Waals surface area contributed by atoms with Crippen molar-refractivity contribution in [1.82, 2.24) is 15.1 Å². The number of halogens is 2. The van der Waals surface area contributed by atoms with E-state index >= 15 is 0 Å². The lowest BCUT2D eigenvalue weighted by Gasteiger charge is -2.16. The lowest BCUT2D eigenvalue weighted by atomic mass is 10.1.